The summed E-state index contributed by atoms with van der Waals surface area (Å²) in [6.07, 6.45) is 2.59. The molecule has 15 heavy (non-hydrogen) atoms. The number of benzene rings is 1. The molecule has 4 nitrogen and oxygen atoms in total. The maximum atomic E-state index is 11.1. The van der Waals surface area contributed by atoms with Crippen LogP contribution in [0.3, 0.4) is 0 Å². The summed E-state index contributed by atoms with van der Waals surface area (Å²) in [5, 5.41) is 0. The fraction of sp³-hybridized carbons (Fsp3) is 0.100. The van der Waals surface area contributed by atoms with Gasteiger partial charge in [-0.05, 0) is 24.3 Å². The van der Waals surface area contributed by atoms with Gasteiger partial charge in [-0.15, -0.1) is 0 Å². The second-order valence-corrected chi connectivity index (χ2v) is 3.58. The molecule has 0 unspecified atom stereocenters. The van der Waals surface area contributed by atoms with Crippen molar-refractivity contribution in [2.24, 2.45) is 0 Å². The van der Waals surface area contributed by atoms with E-state index in [4.69, 9.17) is 0 Å². The Morgan fingerprint density at radius 1 is 1.40 bits per heavy atom. The van der Waals surface area contributed by atoms with Crippen molar-refractivity contribution in [3.63, 3.8) is 0 Å². The highest BCUT2D eigenvalue weighted by atomic mass is 79.9. The van der Waals surface area contributed by atoms with Crippen LogP contribution in [0.1, 0.15) is 0 Å². The van der Waals surface area contributed by atoms with Crippen LogP contribution in [0, 0.1) is 0 Å². The lowest BCUT2D eigenvalue weighted by molar-refractivity contribution is -0.116. The van der Waals surface area contributed by atoms with Crippen molar-refractivity contribution in [3.8, 4) is 0 Å². The number of ether oxygens (including phenoxy) is 1. The van der Waals surface area contributed by atoms with E-state index in [1.54, 1.807) is 0 Å². The van der Waals surface area contributed by atoms with Gasteiger partial charge in [-0.2, -0.15) is 0 Å². The van der Waals surface area contributed by atoms with E-state index >= 15 is 0 Å². The zero-order valence-corrected chi connectivity index (χ0v) is 9.74. The van der Waals surface area contributed by atoms with Gasteiger partial charge in [0.2, 0.25) is 0 Å². The number of rotatable bonds is 4. The van der Waals surface area contributed by atoms with Crippen LogP contribution in [0.2, 0.25) is 0 Å². The standard InChI is InChI=1S/C10H11BrN2O2/c1-15-7-6-10(14)13-12-9-4-2-8(11)3-5-9/h2-7,12H,1H3,(H,13,14)/b7-6+. The van der Waals surface area contributed by atoms with Crippen molar-refractivity contribution in [3.05, 3.63) is 41.1 Å². The molecule has 0 bridgehead atoms. The summed E-state index contributed by atoms with van der Waals surface area (Å²) in [4.78, 5) is 11.1. The second-order valence-electron chi connectivity index (χ2n) is 2.66. The molecule has 2 N–H and O–H groups in total. The van der Waals surface area contributed by atoms with Crippen molar-refractivity contribution in [2.75, 3.05) is 12.5 Å². The molecule has 0 radical (unpaired) electrons. The topological polar surface area (TPSA) is 50.4 Å². The highest BCUT2D eigenvalue weighted by Crippen LogP contribution is 2.12. The minimum Gasteiger partial charge on any atom is -0.504 e. The van der Waals surface area contributed by atoms with Crippen LogP contribution in [0.5, 0.6) is 0 Å². The molecule has 0 saturated heterocycles. The molecular weight excluding hydrogens is 260 g/mol. The number of hydrogen-bond donors (Lipinski definition) is 2. The van der Waals surface area contributed by atoms with E-state index in [0.29, 0.717) is 0 Å². The third-order valence-corrected chi connectivity index (χ3v) is 2.06. The van der Waals surface area contributed by atoms with E-state index in [-0.39, 0.29) is 5.91 Å². The molecule has 5 heteroatoms. The van der Waals surface area contributed by atoms with Crippen molar-refractivity contribution >= 4 is 27.5 Å². The first-order valence-electron chi connectivity index (χ1n) is 4.23. The SMILES string of the molecule is CO/C=C/C(=O)NNc1ccc(Br)cc1. The summed E-state index contributed by atoms with van der Waals surface area (Å²) in [6, 6.07) is 7.42. The maximum Gasteiger partial charge on any atom is 0.265 e. The number of nitrogens with one attached hydrogen (secondary N) is 2. The number of anilines is 1. The molecule has 0 fully saturated rings. The maximum absolute atomic E-state index is 11.1. The quantitative estimate of drug-likeness (QED) is 0.500. The Balaban J connectivity index is 2.40. The van der Waals surface area contributed by atoms with Gasteiger partial charge in [0.15, 0.2) is 0 Å². The van der Waals surface area contributed by atoms with Crippen molar-refractivity contribution < 1.29 is 9.53 Å². The molecule has 0 aliphatic carbocycles. The molecule has 1 aromatic rings. The third-order valence-electron chi connectivity index (χ3n) is 1.53. The normalized spacial score (nSPS) is 10.0. The Kier molecular flexibility index (Phi) is 4.70. The summed E-state index contributed by atoms with van der Waals surface area (Å²) in [5.74, 6) is -0.278. The van der Waals surface area contributed by atoms with E-state index in [0.717, 1.165) is 10.2 Å². The van der Waals surface area contributed by atoms with E-state index in [1.165, 1.54) is 19.4 Å². The summed E-state index contributed by atoms with van der Waals surface area (Å²) in [7, 11) is 1.48. The first kappa shape index (κ1) is 11.6. The lowest BCUT2D eigenvalue weighted by Crippen LogP contribution is -2.27. The first-order chi connectivity index (χ1) is 7.22. The van der Waals surface area contributed by atoms with Crippen molar-refractivity contribution in [1.82, 2.24) is 5.43 Å². The smallest absolute Gasteiger partial charge is 0.265 e. The summed E-state index contributed by atoms with van der Waals surface area (Å²) < 4.78 is 5.59. The molecule has 80 valence electrons. The van der Waals surface area contributed by atoms with Crippen LogP contribution < -0.4 is 10.9 Å². The summed E-state index contributed by atoms with van der Waals surface area (Å²) >= 11 is 3.32. The predicted molar refractivity (Wildman–Crippen MR) is 62.1 cm³/mol. The molecule has 1 aromatic carbocycles. The van der Waals surface area contributed by atoms with Crippen LogP contribution in [0.25, 0.3) is 0 Å². The molecule has 0 heterocycles. The molecule has 0 spiro atoms. The van der Waals surface area contributed by atoms with E-state index in [2.05, 4.69) is 31.5 Å². The van der Waals surface area contributed by atoms with E-state index in [1.807, 2.05) is 24.3 Å². The Hall–Kier alpha value is -1.49. The van der Waals surface area contributed by atoms with Gasteiger partial charge in [0.1, 0.15) is 0 Å². The molecule has 0 saturated carbocycles. The average molecular weight is 271 g/mol. The molecule has 1 amide bonds. The number of carbonyl (C=O) groups is 1. The largest absolute Gasteiger partial charge is 0.504 e. The number of halogens is 1. The van der Waals surface area contributed by atoms with Gasteiger partial charge in [0.25, 0.3) is 5.91 Å². The molecular formula is C10H11BrN2O2. The highest BCUT2D eigenvalue weighted by Gasteiger charge is 1.94. The zero-order valence-electron chi connectivity index (χ0n) is 8.16. The number of hydrazine groups is 1. The number of hydrogen-bond acceptors (Lipinski definition) is 3. The van der Waals surface area contributed by atoms with Crippen LogP contribution in [0.4, 0.5) is 5.69 Å². The van der Waals surface area contributed by atoms with E-state index < -0.39 is 0 Å². The Bertz CT molecular complexity index is 349. The Morgan fingerprint density at radius 2 is 2.07 bits per heavy atom. The summed E-state index contributed by atoms with van der Waals surface area (Å²) in [5.41, 5.74) is 6.04. The summed E-state index contributed by atoms with van der Waals surface area (Å²) in [6.45, 7) is 0. The van der Waals surface area contributed by atoms with Crippen LogP contribution in [-0.4, -0.2) is 13.0 Å². The van der Waals surface area contributed by atoms with Gasteiger partial charge < -0.3 is 4.74 Å². The zero-order chi connectivity index (χ0) is 11.1. The van der Waals surface area contributed by atoms with Gasteiger partial charge in [-0.3, -0.25) is 15.6 Å². The minimum absolute atomic E-state index is 0.278. The molecule has 0 aliphatic rings. The van der Waals surface area contributed by atoms with E-state index in [9.17, 15) is 4.79 Å². The molecule has 0 atom stereocenters. The van der Waals surface area contributed by atoms with Gasteiger partial charge in [0, 0.05) is 10.5 Å². The van der Waals surface area contributed by atoms with Crippen molar-refractivity contribution in [2.45, 2.75) is 0 Å². The number of amides is 1. The van der Waals surface area contributed by atoms with Gasteiger partial charge in [0.05, 0.1) is 19.1 Å². The van der Waals surface area contributed by atoms with Crippen LogP contribution in [0.15, 0.2) is 41.1 Å². The minimum atomic E-state index is -0.278. The predicted octanol–water partition coefficient (Wildman–Crippen LogP) is 2.05. The molecule has 0 aliphatic heterocycles. The third kappa shape index (κ3) is 4.51. The monoisotopic (exact) mass is 270 g/mol. The fourth-order valence-electron chi connectivity index (χ4n) is 0.838. The lowest BCUT2D eigenvalue weighted by Gasteiger charge is -2.05. The van der Waals surface area contributed by atoms with Crippen molar-refractivity contribution in [1.29, 1.82) is 0 Å². The number of carbonyl (C=O) groups excluding carboxylic acids is 1. The first-order valence-corrected chi connectivity index (χ1v) is 5.02. The lowest BCUT2D eigenvalue weighted by atomic mass is 10.3. The Morgan fingerprint density at radius 3 is 2.67 bits per heavy atom. The average Bonchev–Trinajstić information content (AvgIpc) is 2.25. The second kappa shape index (κ2) is 6.08. The van der Waals surface area contributed by atoms with Gasteiger partial charge in [-0.1, -0.05) is 15.9 Å². The Labute approximate surface area is 96.4 Å². The van der Waals surface area contributed by atoms with Crippen LogP contribution in [-0.2, 0) is 9.53 Å². The molecule has 0 aromatic heterocycles. The fourth-order valence-corrected chi connectivity index (χ4v) is 1.10. The molecule has 1 rings (SSSR count). The highest BCUT2D eigenvalue weighted by molar-refractivity contribution is 9.10. The van der Waals surface area contributed by atoms with Gasteiger partial charge in [-0.25, -0.2) is 0 Å². The van der Waals surface area contributed by atoms with Gasteiger partial charge >= 0.3 is 0 Å². The van der Waals surface area contributed by atoms with Crippen LogP contribution >= 0.6 is 15.9 Å². The number of methoxy groups -OCH3 is 1.